The molecule has 0 amide bonds. The average Bonchev–Trinajstić information content (AvgIpc) is 2.50. The summed E-state index contributed by atoms with van der Waals surface area (Å²) in [5.41, 5.74) is 0.486. The van der Waals surface area contributed by atoms with Crippen molar-refractivity contribution in [1.82, 2.24) is 5.06 Å². The molecule has 0 aliphatic carbocycles. The van der Waals surface area contributed by atoms with Gasteiger partial charge >= 0.3 is 5.97 Å². The minimum atomic E-state index is -0.508. The minimum Gasteiger partial charge on any atom is -0.367 e. The maximum atomic E-state index is 11.9. The molecule has 2 rings (SSSR count). The largest absolute Gasteiger partial charge is 0.367 e. The van der Waals surface area contributed by atoms with Gasteiger partial charge in [0.25, 0.3) is 0 Å². The Balaban J connectivity index is 1.93. The van der Waals surface area contributed by atoms with Crippen LogP contribution >= 0.6 is 11.6 Å². The van der Waals surface area contributed by atoms with Gasteiger partial charge in [-0.05, 0) is 57.2 Å². The Labute approximate surface area is 142 Å². The summed E-state index contributed by atoms with van der Waals surface area (Å²) in [7, 11) is 0. The summed E-state index contributed by atoms with van der Waals surface area (Å²) in [6, 6.07) is 7.45. The molecule has 1 atom stereocenters. The number of aldehydes is 1. The molecule has 23 heavy (non-hydrogen) atoms. The van der Waals surface area contributed by atoms with Gasteiger partial charge in [-0.2, -0.15) is 0 Å². The van der Waals surface area contributed by atoms with Gasteiger partial charge in [0.05, 0.1) is 5.41 Å². The molecule has 0 N–H and O–H groups in total. The lowest BCUT2D eigenvalue weighted by Crippen LogP contribution is -2.40. The molecule has 126 valence electrons. The molecule has 0 aromatic heterocycles. The number of hydrogen-bond donors (Lipinski definition) is 0. The summed E-state index contributed by atoms with van der Waals surface area (Å²) in [4.78, 5) is 28.9. The molecule has 0 bridgehead atoms. The standard InChI is InChI=1S/C18H24ClNO3/c1-18(2,3)17(22)23-20-10-8-14(9-11-20)16(12-21)13-4-6-15(19)7-5-13/h4-7,12,14,16H,8-11H2,1-3H3. The molecule has 1 aromatic carbocycles. The Morgan fingerprint density at radius 1 is 1.26 bits per heavy atom. The fraction of sp³-hybridized carbons (Fsp3) is 0.556. The fourth-order valence-corrected chi connectivity index (χ4v) is 2.85. The number of hydroxylamine groups is 2. The Morgan fingerprint density at radius 3 is 2.30 bits per heavy atom. The van der Waals surface area contributed by atoms with Gasteiger partial charge in [0.1, 0.15) is 6.29 Å². The van der Waals surface area contributed by atoms with E-state index in [2.05, 4.69) is 0 Å². The second-order valence-corrected chi connectivity index (χ2v) is 7.55. The Kier molecular flexibility index (Phi) is 5.82. The smallest absolute Gasteiger partial charge is 0.330 e. The number of carbonyl (C=O) groups excluding carboxylic acids is 2. The zero-order valence-corrected chi connectivity index (χ0v) is 14.7. The van der Waals surface area contributed by atoms with Crippen LogP contribution in [0.3, 0.4) is 0 Å². The normalized spacial score (nSPS) is 18.4. The molecule has 1 aliphatic rings. The van der Waals surface area contributed by atoms with Crippen molar-refractivity contribution in [2.45, 2.75) is 39.5 Å². The van der Waals surface area contributed by atoms with E-state index in [9.17, 15) is 9.59 Å². The van der Waals surface area contributed by atoms with Gasteiger partial charge in [-0.3, -0.25) is 0 Å². The first-order chi connectivity index (χ1) is 10.8. The Hall–Kier alpha value is -1.39. The molecule has 1 heterocycles. The van der Waals surface area contributed by atoms with E-state index in [1.165, 1.54) is 0 Å². The molecular formula is C18H24ClNO3. The number of hydrogen-bond acceptors (Lipinski definition) is 4. The molecule has 4 nitrogen and oxygen atoms in total. The van der Waals surface area contributed by atoms with Gasteiger partial charge in [0.15, 0.2) is 0 Å². The molecule has 5 heteroatoms. The van der Waals surface area contributed by atoms with Crippen LogP contribution in [-0.2, 0) is 14.4 Å². The zero-order chi connectivity index (χ0) is 17.0. The number of piperidine rings is 1. The number of carbonyl (C=O) groups is 2. The zero-order valence-electron chi connectivity index (χ0n) is 13.9. The van der Waals surface area contributed by atoms with Crippen molar-refractivity contribution in [3.05, 3.63) is 34.9 Å². The Morgan fingerprint density at radius 2 is 1.83 bits per heavy atom. The van der Waals surface area contributed by atoms with Crippen LogP contribution in [0.2, 0.25) is 5.02 Å². The molecular weight excluding hydrogens is 314 g/mol. The van der Waals surface area contributed by atoms with Crippen LogP contribution in [0.15, 0.2) is 24.3 Å². The van der Waals surface area contributed by atoms with E-state index in [1.807, 2.05) is 45.0 Å². The highest BCUT2D eigenvalue weighted by Gasteiger charge is 2.31. The lowest BCUT2D eigenvalue weighted by molar-refractivity contribution is -0.206. The SMILES string of the molecule is CC(C)(C)C(=O)ON1CCC(C(C=O)c2ccc(Cl)cc2)CC1. The van der Waals surface area contributed by atoms with Crippen LogP contribution in [0.25, 0.3) is 0 Å². The first kappa shape index (κ1) is 18.0. The summed E-state index contributed by atoms with van der Waals surface area (Å²) in [6.45, 7) is 6.83. The number of benzene rings is 1. The van der Waals surface area contributed by atoms with E-state index in [-0.39, 0.29) is 17.8 Å². The summed E-state index contributed by atoms with van der Waals surface area (Å²) in [5.74, 6) is -0.0911. The fourth-order valence-electron chi connectivity index (χ4n) is 2.73. The molecule has 0 radical (unpaired) electrons. The summed E-state index contributed by atoms with van der Waals surface area (Å²) in [6.07, 6.45) is 2.66. The highest BCUT2D eigenvalue weighted by molar-refractivity contribution is 6.30. The van der Waals surface area contributed by atoms with E-state index < -0.39 is 5.41 Å². The van der Waals surface area contributed by atoms with Gasteiger partial charge in [0, 0.05) is 24.0 Å². The first-order valence-corrected chi connectivity index (χ1v) is 8.37. The summed E-state index contributed by atoms with van der Waals surface area (Å²) in [5, 5.41) is 2.38. The van der Waals surface area contributed by atoms with Gasteiger partial charge in [0.2, 0.25) is 0 Å². The maximum Gasteiger partial charge on any atom is 0.330 e. The third-order valence-corrected chi connectivity index (χ3v) is 4.48. The van der Waals surface area contributed by atoms with Crippen molar-refractivity contribution in [1.29, 1.82) is 0 Å². The highest BCUT2D eigenvalue weighted by atomic mass is 35.5. The Bertz CT molecular complexity index is 542. The lowest BCUT2D eigenvalue weighted by atomic mass is 9.81. The van der Waals surface area contributed by atoms with E-state index >= 15 is 0 Å². The van der Waals surface area contributed by atoms with Crippen LogP contribution in [0.4, 0.5) is 0 Å². The van der Waals surface area contributed by atoms with Crippen molar-refractivity contribution < 1.29 is 14.4 Å². The predicted octanol–water partition coefficient (Wildman–Crippen LogP) is 3.84. The minimum absolute atomic E-state index is 0.132. The van der Waals surface area contributed by atoms with Crippen LogP contribution in [-0.4, -0.2) is 30.4 Å². The van der Waals surface area contributed by atoms with Crippen molar-refractivity contribution in [3.8, 4) is 0 Å². The van der Waals surface area contributed by atoms with E-state index in [4.69, 9.17) is 16.4 Å². The second kappa shape index (κ2) is 7.45. The van der Waals surface area contributed by atoms with E-state index in [1.54, 1.807) is 5.06 Å². The molecule has 1 aromatic rings. The van der Waals surface area contributed by atoms with Crippen LogP contribution in [0.5, 0.6) is 0 Å². The van der Waals surface area contributed by atoms with Crippen molar-refractivity contribution in [2.75, 3.05) is 13.1 Å². The quantitative estimate of drug-likeness (QED) is 0.783. The molecule has 1 unspecified atom stereocenters. The number of nitrogens with zero attached hydrogens (tertiary/aromatic N) is 1. The molecule has 0 saturated carbocycles. The van der Waals surface area contributed by atoms with E-state index in [0.29, 0.717) is 18.1 Å². The van der Waals surface area contributed by atoms with Gasteiger partial charge in [-0.25, -0.2) is 4.79 Å². The van der Waals surface area contributed by atoms with Gasteiger partial charge in [-0.15, -0.1) is 5.06 Å². The number of halogens is 1. The monoisotopic (exact) mass is 337 g/mol. The topological polar surface area (TPSA) is 46.6 Å². The van der Waals surface area contributed by atoms with Crippen LogP contribution < -0.4 is 0 Å². The molecule has 1 aliphatic heterocycles. The number of rotatable bonds is 4. The summed E-state index contributed by atoms with van der Waals surface area (Å²) < 4.78 is 0. The highest BCUT2D eigenvalue weighted by Crippen LogP contribution is 2.32. The van der Waals surface area contributed by atoms with Crippen LogP contribution in [0, 0.1) is 11.3 Å². The van der Waals surface area contributed by atoms with Crippen molar-refractivity contribution >= 4 is 23.9 Å². The molecule has 0 spiro atoms. The molecule has 1 fully saturated rings. The molecule has 1 saturated heterocycles. The predicted molar refractivity (Wildman–Crippen MR) is 90.1 cm³/mol. The summed E-state index contributed by atoms with van der Waals surface area (Å²) >= 11 is 5.91. The van der Waals surface area contributed by atoms with Crippen molar-refractivity contribution in [3.63, 3.8) is 0 Å². The van der Waals surface area contributed by atoms with Crippen molar-refractivity contribution in [2.24, 2.45) is 11.3 Å². The lowest BCUT2D eigenvalue weighted by Gasteiger charge is -2.34. The van der Waals surface area contributed by atoms with E-state index in [0.717, 1.165) is 24.7 Å². The third kappa shape index (κ3) is 4.79. The maximum absolute atomic E-state index is 11.9. The average molecular weight is 338 g/mol. The first-order valence-electron chi connectivity index (χ1n) is 7.99. The van der Waals surface area contributed by atoms with Gasteiger partial charge in [-0.1, -0.05) is 23.7 Å². The third-order valence-electron chi connectivity index (χ3n) is 4.23. The van der Waals surface area contributed by atoms with Gasteiger partial charge < -0.3 is 9.63 Å². The second-order valence-electron chi connectivity index (χ2n) is 7.11. The van der Waals surface area contributed by atoms with Crippen LogP contribution in [0.1, 0.15) is 45.1 Å².